The fourth-order valence-corrected chi connectivity index (χ4v) is 0. The first-order valence-corrected chi connectivity index (χ1v) is 1.63. The number of hydrogen-bond donors (Lipinski definition) is 0. The van der Waals surface area contributed by atoms with Gasteiger partial charge in [0.2, 0.25) is 0 Å². The van der Waals surface area contributed by atoms with E-state index in [0.717, 1.165) is 0 Å². The zero-order valence-corrected chi connectivity index (χ0v) is 4.27. The lowest BCUT2D eigenvalue weighted by Crippen LogP contribution is -1.22. The number of rotatable bonds is 0. The Morgan fingerprint density at radius 1 is 1.17 bits per heavy atom. The third-order valence-electron chi connectivity index (χ3n) is 0. The molecule has 0 rings (SSSR count). The summed E-state index contributed by atoms with van der Waals surface area (Å²) in [5.74, 6) is 0. The zero-order valence-electron chi connectivity index (χ0n) is 2.63. The second kappa shape index (κ2) is 23.3. The van der Waals surface area contributed by atoms with Gasteiger partial charge >= 0.3 is 6.15 Å². The van der Waals surface area contributed by atoms with Crippen LogP contribution in [0.5, 0.6) is 0 Å². The summed E-state index contributed by atoms with van der Waals surface area (Å²) in [6.45, 7) is 0. The van der Waals surface area contributed by atoms with E-state index >= 15 is 0 Å². The molecular weight excluding hydrogens is 120 g/mol. The van der Waals surface area contributed by atoms with E-state index in [9.17, 15) is 0 Å². The van der Waals surface area contributed by atoms with Crippen molar-refractivity contribution in [1.82, 2.24) is 0 Å². The molecule has 6 heavy (non-hydrogen) atoms. The minimum absolute atomic E-state index is 0.250. The molecule has 0 radical (unpaired) electrons. The maximum absolute atomic E-state index is 8.12. The van der Waals surface area contributed by atoms with Crippen molar-refractivity contribution >= 4 is 34.9 Å². The molecule has 32 valence electrons. The first-order chi connectivity index (χ1) is 2.83. The van der Waals surface area contributed by atoms with Crippen molar-refractivity contribution in [2.75, 3.05) is 0 Å². The maximum Gasteiger partial charge on any atom is 0.373 e. The molecule has 0 fully saturated rings. The van der Waals surface area contributed by atoms with E-state index in [0.29, 0.717) is 0 Å². The van der Waals surface area contributed by atoms with Crippen LogP contribution in [0.4, 0.5) is 0 Å². The highest BCUT2D eigenvalue weighted by Crippen LogP contribution is 1.29. The highest BCUT2D eigenvalue weighted by atomic mass is 32.1. The van der Waals surface area contributed by atoms with Crippen LogP contribution in [0.3, 0.4) is 0 Å². The van der Waals surface area contributed by atoms with Crippen LogP contribution in [0.1, 0.15) is 0 Å². The minimum Gasteiger partial charge on any atom is -0.186 e. The van der Waals surface area contributed by atoms with Gasteiger partial charge in [0.1, 0.15) is 0 Å². The molecule has 0 aliphatic carbocycles. The van der Waals surface area contributed by atoms with Gasteiger partial charge in [0.15, 0.2) is 0 Å². The van der Waals surface area contributed by atoms with Crippen LogP contribution in [0.15, 0.2) is 0 Å². The predicted octanol–water partition coefficient (Wildman–Crippen LogP) is 0.435. The summed E-state index contributed by atoms with van der Waals surface area (Å²) in [6.07, 6.45) is 0.250. The molecule has 0 unspecified atom stereocenters. The molecule has 0 aliphatic rings. The van der Waals surface area contributed by atoms with Crippen molar-refractivity contribution < 1.29 is 9.59 Å². The van der Waals surface area contributed by atoms with Gasteiger partial charge in [-0.05, 0) is 24.4 Å². The Morgan fingerprint density at radius 2 is 1.17 bits per heavy atom. The van der Waals surface area contributed by atoms with E-state index in [1.54, 1.807) is 0 Å². The van der Waals surface area contributed by atoms with Gasteiger partial charge in [0, 0.05) is 4.31 Å². The summed E-state index contributed by atoms with van der Waals surface area (Å²) >= 11 is 7.92. The number of carbonyl (C=O) groups excluding carboxylic acids is 2. The van der Waals surface area contributed by atoms with Crippen LogP contribution >= 0.6 is 24.4 Å². The lowest BCUT2D eigenvalue weighted by molar-refractivity contribution is -0.191. The van der Waals surface area contributed by atoms with Gasteiger partial charge in [-0.25, -0.2) is 0 Å². The minimum atomic E-state index is 0.250. The lowest BCUT2D eigenvalue weighted by Gasteiger charge is -0.992. The third kappa shape index (κ3) is 152. The smallest absolute Gasteiger partial charge is 0.186 e. The Hall–Kier alpha value is -0.400. The van der Waals surface area contributed by atoms with Crippen LogP contribution in [-0.2, 0) is 9.59 Å². The third-order valence-corrected chi connectivity index (χ3v) is 0. The van der Waals surface area contributed by atoms with Gasteiger partial charge in [-0.15, -0.1) is 0 Å². The van der Waals surface area contributed by atoms with E-state index in [-0.39, 0.29) is 6.15 Å². The Bertz CT molecular complexity index is 63.5. The van der Waals surface area contributed by atoms with Crippen LogP contribution < -0.4 is 0 Å². The van der Waals surface area contributed by atoms with Crippen LogP contribution in [0, 0.1) is 0 Å². The topological polar surface area (TPSA) is 34.1 Å². The van der Waals surface area contributed by atoms with Gasteiger partial charge < -0.3 is 0 Å². The Morgan fingerprint density at radius 3 is 1.17 bits per heavy atom. The molecule has 4 heteroatoms. The maximum atomic E-state index is 8.12. The van der Waals surface area contributed by atoms with Gasteiger partial charge in [0.25, 0.3) is 0 Å². The molecule has 0 bridgehead atoms. The molecule has 2 nitrogen and oxygen atoms in total. The molecule has 0 aromatic heterocycles. The first kappa shape index (κ1) is 9.14. The van der Waals surface area contributed by atoms with Crippen molar-refractivity contribution in [3.05, 3.63) is 0 Å². The average molecular weight is 120 g/mol. The van der Waals surface area contributed by atoms with E-state index < -0.39 is 0 Å². The normalized spacial score (nSPS) is 2.67. The Balaban J connectivity index is 0. The molecule has 0 heterocycles. The van der Waals surface area contributed by atoms with Crippen molar-refractivity contribution in [2.24, 2.45) is 0 Å². The molecular formula is C2O2S2. The standard InChI is InChI=1S/CO2.CS2/c2*2-1-3. The van der Waals surface area contributed by atoms with Gasteiger partial charge in [0.05, 0.1) is 0 Å². The monoisotopic (exact) mass is 120 g/mol. The summed E-state index contributed by atoms with van der Waals surface area (Å²) in [5.41, 5.74) is 0. The van der Waals surface area contributed by atoms with Gasteiger partial charge in [-0.3, -0.25) is 0 Å². The van der Waals surface area contributed by atoms with Crippen molar-refractivity contribution in [3.8, 4) is 0 Å². The Labute approximate surface area is 45.2 Å². The summed E-state index contributed by atoms with van der Waals surface area (Å²) in [4.78, 5) is 16.2. The van der Waals surface area contributed by atoms with Gasteiger partial charge in [-0.1, -0.05) is 0 Å². The average Bonchev–Trinajstić information content (AvgIpc) is 1.39. The number of thiocarbonyl (C=S) groups is 2. The van der Waals surface area contributed by atoms with Crippen molar-refractivity contribution in [1.29, 1.82) is 0 Å². The largest absolute Gasteiger partial charge is 0.373 e. The highest BCUT2D eigenvalue weighted by molar-refractivity contribution is 7.93. The van der Waals surface area contributed by atoms with Gasteiger partial charge in [-0.2, -0.15) is 9.59 Å². The molecule has 0 aliphatic heterocycles. The van der Waals surface area contributed by atoms with Crippen LogP contribution in [0.25, 0.3) is 0 Å². The van der Waals surface area contributed by atoms with E-state index in [4.69, 9.17) is 9.59 Å². The number of hydrogen-bond acceptors (Lipinski definition) is 4. The molecule has 0 aromatic rings. The molecule has 0 atom stereocenters. The fourth-order valence-electron chi connectivity index (χ4n) is 0. The molecule has 0 N–H and O–H groups in total. The second-order valence-electron chi connectivity index (χ2n) is 0.167. The van der Waals surface area contributed by atoms with Crippen molar-refractivity contribution in [2.45, 2.75) is 0 Å². The quantitative estimate of drug-likeness (QED) is 0.434. The predicted molar refractivity (Wildman–Crippen MR) is 25.2 cm³/mol. The summed E-state index contributed by atoms with van der Waals surface area (Å²) in [7, 11) is 0. The van der Waals surface area contributed by atoms with Crippen molar-refractivity contribution in [3.63, 3.8) is 0 Å². The van der Waals surface area contributed by atoms with E-state index in [2.05, 4.69) is 24.4 Å². The summed E-state index contributed by atoms with van der Waals surface area (Å²) in [5, 5.41) is 0. The van der Waals surface area contributed by atoms with E-state index in [1.165, 1.54) is 0 Å². The van der Waals surface area contributed by atoms with E-state index in [1.807, 2.05) is 4.31 Å². The van der Waals surface area contributed by atoms with Crippen LogP contribution in [-0.4, -0.2) is 10.5 Å². The molecule has 0 amide bonds. The SMILES string of the molecule is O=C=O.S=C=S. The lowest BCUT2D eigenvalue weighted by atomic mass is 11.8. The van der Waals surface area contributed by atoms with Crippen LogP contribution in [0.2, 0.25) is 0 Å². The summed E-state index contributed by atoms with van der Waals surface area (Å²) < 4.78 is 1.92. The molecule has 0 spiro atoms. The second-order valence-corrected chi connectivity index (χ2v) is 0.833. The summed E-state index contributed by atoms with van der Waals surface area (Å²) in [6, 6.07) is 0. The first-order valence-electron chi connectivity index (χ1n) is 0.816. The Kier molecular flexibility index (Phi) is 35.5. The molecule has 0 saturated carbocycles. The molecule has 0 aromatic carbocycles. The fraction of sp³-hybridized carbons (Fsp3) is 0. The zero-order chi connectivity index (χ0) is 5.41. The molecule has 0 saturated heterocycles. The highest BCUT2D eigenvalue weighted by Gasteiger charge is 1.13.